The van der Waals surface area contributed by atoms with Crippen LogP contribution in [0.1, 0.15) is 12.0 Å². The first-order chi connectivity index (χ1) is 8.08. The van der Waals surface area contributed by atoms with Crippen LogP contribution in [0.3, 0.4) is 0 Å². The summed E-state index contributed by atoms with van der Waals surface area (Å²) in [4.78, 5) is 1.95. The third-order valence-corrected chi connectivity index (χ3v) is 3.17. The van der Waals surface area contributed by atoms with Gasteiger partial charge in [0.05, 0.1) is 0 Å². The maximum atomic E-state index is 13.4. The first kappa shape index (κ1) is 15.3. The van der Waals surface area contributed by atoms with Gasteiger partial charge in [-0.05, 0) is 26.1 Å². The third kappa shape index (κ3) is 3.37. The number of hydrogen-bond donors (Lipinski definition) is 1. The summed E-state index contributed by atoms with van der Waals surface area (Å²) in [6.45, 7) is 2.08. The van der Waals surface area contributed by atoms with Crippen LogP contribution in [0.25, 0.3) is 0 Å². The average molecular weight is 281 g/mol. The lowest BCUT2D eigenvalue weighted by Gasteiger charge is -2.23. The van der Waals surface area contributed by atoms with Crippen LogP contribution in [0.2, 0.25) is 0 Å². The molecule has 0 aliphatic carbocycles. The van der Waals surface area contributed by atoms with Gasteiger partial charge in [0.1, 0.15) is 5.82 Å². The molecule has 1 fully saturated rings. The predicted octanol–water partition coefficient (Wildman–Crippen LogP) is 2.32. The van der Waals surface area contributed by atoms with Crippen LogP contribution in [-0.4, -0.2) is 31.1 Å². The van der Waals surface area contributed by atoms with Gasteiger partial charge >= 0.3 is 0 Å². The Morgan fingerprint density at radius 2 is 1.89 bits per heavy atom. The van der Waals surface area contributed by atoms with Crippen molar-refractivity contribution in [1.82, 2.24) is 10.2 Å². The summed E-state index contributed by atoms with van der Waals surface area (Å²) in [6.07, 6.45) is 0.988. The van der Waals surface area contributed by atoms with Gasteiger partial charge < -0.3 is 5.32 Å². The number of nitrogens with one attached hydrogen (secondary N) is 1. The van der Waals surface area contributed by atoms with Gasteiger partial charge in [0.15, 0.2) is 11.6 Å². The molecule has 18 heavy (non-hydrogen) atoms. The molecule has 1 aliphatic heterocycles. The zero-order chi connectivity index (χ0) is 12.4. The van der Waals surface area contributed by atoms with Gasteiger partial charge in [-0.1, -0.05) is 0 Å². The Hall–Kier alpha value is -0.780. The molecular weight excluding hydrogens is 265 g/mol. The largest absolute Gasteiger partial charge is 0.315 e. The van der Waals surface area contributed by atoms with Gasteiger partial charge in [0.2, 0.25) is 0 Å². The minimum atomic E-state index is -1.14. The Kier molecular flexibility index (Phi) is 5.44. The van der Waals surface area contributed by atoms with Crippen LogP contribution in [0.15, 0.2) is 12.1 Å². The fraction of sp³-hybridized carbons (Fsp3) is 0.500. The van der Waals surface area contributed by atoms with Crippen molar-refractivity contribution in [2.45, 2.75) is 19.0 Å². The molecule has 0 aromatic heterocycles. The van der Waals surface area contributed by atoms with Crippen molar-refractivity contribution in [1.29, 1.82) is 0 Å². The topological polar surface area (TPSA) is 15.3 Å². The Morgan fingerprint density at radius 3 is 2.50 bits per heavy atom. The zero-order valence-electron chi connectivity index (χ0n) is 10.0. The van der Waals surface area contributed by atoms with E-state index in [0.29, 0.717) is 12.1 Å². The number of hydrogen-bond acceptors (Lipinski definition) is 2. The molecule has 1 aromatic carbocycles. The fourth-order valence-electron chi connectivity index (χ4n) is 2.10. The monoisotopic (exact) mass is 280 g/mol. The van der Waals surface area contributed by atoms with Crippen molar-refractivity contribution in [3.8, 4) is 0 Å². The number of likely N-dealkylation sites (N-methyl/N-ethyl adjacent to an activating group) is 1. The molecule has 6 heteroatoms. The molecule has 0 spiro atoms. The first-order valence-electron chi connectivity index (χ1n) is 5.62. The normalized spacial score (nSPS) is 19.1. The van der Waals surface area contributed by atoms with E-state index in [9.17, 15) is 13.2 Å². The maximum Gasteiger partial charge on any atom is 0.161 e. The van der Waals surface area contributed by atoms with Crippen molar-refractivity contribution in [2.75, 3.05) is 20.1 Å². The fourth-order valence-corrected chi connectivity index (χ4v) is 2.10. The summed E-state index contributed by atoms with van der Waals surface area (Å²) in [7, 11) is 1.86. The van der Waals surface area contributed by atoms with Crippen LogP contribution >= 0.6 is 12.4 Å². The lowest BCUT2D eigenvalue weighted by Crippen LogP contribution is -2.33. The van der Waals surface area contributed by atoms with Crippen molar-refractivity contribution in [3.63, 3.8) is 0 Å². The number of rotatable bonds is 3. The second-order valence-electron chi connectivity index (χ2n) is 4.42. The standard InChI is InChI=1S/C12H15F3N2.ClH/c1-17(9-2-3-16-6-9)7-8-4-11(14)12(15)5-10(8)13;/h4-5,9,16H,2-3,6-7H2,1H3;1H. The van der Waals surface area contributed by atoms with Gasteiger partial charge in [-0.3, -0.25) is 4.90 Å². The van der Waals surface area contributed by atoms with Crippen molar-refractivity contribution < 1.29 is 13.2 Å². The Bertz CT molecular complexity index is 409. The summed E-state index contributed by atoms with van der Waals surface area (Å²) in [6, 6.07) is 1.86. The van der Waals surface area contributed by atoms with E-state index in [0.717, 1.165) is 25.6 Å². The van der Waals surface area contributed by atoms with Gasteiger partial charge in [-0.25, -0.2) is 13.2 Å². The molecular formula is C12H16ClF3N2. The van der Waals surface area contributed by atoms with E-state index in [-0.39, 0.29) is 24.5 Å². The lowest BCUT2D eigenvalue weighted by molar-refractivity contribution is 0.245. The first-order valence-corrected chi connectivity index (χ1v) is 5.62. The van der Waals surface area contributed by atoms with Crippen LogP contribution in [0, 0.1) is 17.5 Å². The molecule has 0 radical (unpaired) electrons. The highest BCUT2D eigenvalue weighted by atomic mass is 35.5. The van der Waals surface area contributed by atoms with E-state index >= 15 is 0 Å². The highest BCUT2D eigenvalue weighted by Gasteiger charge is 2.20. The lowest BCUT2D eigenvalue weighted by atomic mass is 10.1. The van der Waals surface area contributed by atoms with E-state index < -0.39 is 17.5 Å². The van der Waals surface area contributed by atoms with Crippen LogP contribution in [0.5, 0.6) is 0 Å². The molecule has 1 unspecified atom stereocenters. The molecule has 0 amide bonds. The van der Waals surface area contributed by atoms with Crippen molar-refractivity contribution in [3.05, 3.63) is 35.1 Å². The van der Waals surface area contributed by atoms with Crippen LogP contribution < -0.4 is 5.32 Å². The van der Waals surface area contributed by atoms with E-state index in [1.165, 1.54) is 0 Å². The van der Waals surface area contributed by atoms with Crippen LogP contribution in [-0.2, 0) is 6.54 Å². The molecule has 1 heterocycles. The minimum Gasteiger partial charge on any atom is -0.315 e. The SMILES string of the molecule is CN(Cc1cc(F)c(F)cc1F)C1CCNC1.Cl. The maximum absolute atomic E-state index is 13.4. The summed E-state index contributed by atoms with van der Waals surface area (Å²) in [5, 5.41) is 3.20. The Balaban J connectivity index is 0.00000162. The second-order valence-corrected chi connectivity index (χ2v) is 4.42. The Labute approximate surface area is 111 Å². The molecule has 1 saturated heterocycles. The molecule has 1 N–H and O–H groups in total. The van der Waals surface area contributed by atoms with E-state index in [1.54, 1.807) is 0 Å². The zero-order valence-corrected chi connectivity index (χ0v) is 10.9. The van der Waals surface area contributed by atoms with E-state index in [4.69, 9.17) is 0 Å². The van der Waals surface area contributed by atoms with Crippen LogP contribution in [0.4, 0.5) is 13.2 Å². The summed E-state index contributed by atoms with van der Waals surface area (Å²) >= 11 is 0. The van der Waals surface area contributed by atoms with Gasteiger partial charge in [-0.2, -0.15) is 0 Å². The minimum absolute atomic E-state index is 0. The molecule has 102 valence electrons. The highest BCUT2D eigenvalue weighted by Crippen LogP contribution is 2.17. The number of benzene rings is 1. The van der Waals surface area contributed by atoms with Gasteiger partial charge in [0.25, 0.3) is 0 Å². The summed E-state index contributed by atoms with van der Waals surface area (Å²) < 4.78 is 39.2. The molecule has 1 aromatic rings. The molecule has 0 bridgehead atoms. The van der Waals surface area contributed by atoms with E-state index in [1.807, 2.05) is 11.9 Å². The molecule has 0 saturated carbocycles. The van der Waals surface area contributed by atoms with Gasteiger partial charge in [-0.15, -0.1) is 12.4 Å². The molecule has 1 atom stereocenters. The quantitative estimate of drug-likeness (QED) is 0.855. The Morgan fingerprint density at radius 1 is 1.22 bits per heavy atom. The molecule has 2 nitrogen and oxygen atoms in total. The third-order valence-electron chi connectivity index (χ3n) is 3.17. The highest BCUT2D eigenvalue weighted by molar-refractivity contribution is 5.85. The predicted molar refractivity (Wildman–Crippen MR) is 66.3 cm³/mol. The van der Waals surface area contributed by atoms with Crippen molar-refractivity contribution >= 4 is 12.4 Å². The molecule has 2 rings (SSSR count). The average Bonchev–Trinajstić information content (AvgIpc) is 2.79. The van der Waals surface area contributed by atoms with Crippen molar-refractivity contribution in [2.24, 2.45) is 0 Å². The second kappa shape index (κ2) is 6.41. The van der Waals surface area contributed by atoms with E-state index in [2.05, 4.69) is 5.32 Å². The molecule has 1 aliphatic rings. The number of halogens is 4. The smallest absolute Gasteiger partial charge is 0.161 e. The summed E-state index contributed by atoms with van der Waals surface area (Å²) in [5.41, 5.74) is 0.193. The van der Waals surface area contributed by atoms with Gasteiger partial charge in [0, 0.05) is 30.8 Å². The summed E-state index contributed by atoms with van der Waals surface area (Å²) in [5.74, 6) is -2.84. The number of nitrogens with zero attached hydrogens (tertiary/aromatic N) is 1.